The van der Waals surface area contributed by atoms with Crippen molar-refractivity contribution < 1.29 is 14.3 Å². The van der Waals surface area contributed by atoms with Gasteiger partial charge in [-0.15, -0.1) is 0 Å². The lowest BCUT2D eigenvalue weighted by molar-refractivity contribution is 0.0950. The highest BCUT2D eigenvalue weighted by Crippen LogP contribution is 2.20. The highest BCUT2D eigenvalue weighted by Gasteiger charge is 2.09. The second-order valence-corrected chi connectivity index (χ2v) is 6.17. The average molecular weight is 390 g/mol. The maximum absolute atomic E-state index is 12.4. The van der Waals surface area contributed by atoms with Gasteiger partial charge < -0.3 is 9.47 Å². The quantitative estimate of drug-likeness (QED) is 0.492. The molecule has 1 aromatic heterocycles. The Labute approximate surface area is 169 Å². The molecule has 0 fully saturated rings. The van der Waals surface area contributed by atoms with Crippen LogP contribution in [0.15, 0.2) is 60.0 Å². The van der Waals surface area contributed by atoms with Crippen LogP contribution in [0.25, 0.3) is 11.3 Å². The zero-order valence-corrected chi connectivity index (χ0v) is 16.5. The van der Waals surface area contributed by atoms with Crippen molar-refractivity contribution in [3.05, 3.63) is 71.7 Å². The molecule has 3 aromatic rings. The Bertz CT molecular complexity index is 1020. The van der Waals surface area contributed by atoms with Crippen molar-refractivity contribution in [3.63, 3.8) is 0 Å². The van der Waals surface area contributed by atoms with Crippen LogP contribution in [-0.2, 0) is 0 Å². The monoisotopic (exact) mass is 390 g/mol. The Morgan fingerprint density at radius 1 is 1.14 bits per heavy atom. The number of aromatic nitrogens is 2. The molecule has 7 nitrogen and oxygen atoms in total. The van der Waals surface area contributed by atoms with E-state index in [1.165, 1.54) is 6.20 Å². The predicted molar refractivity (Wildman–Crippen MR) is 111 cm³/mol. The summed E-state index contributed by atoms with van der Waals surface area (Å²) in [4.78, 5) is 20.9. The fraction of sp³-hybridized carbons (Fsp3) is 0.182. The Morgan fingerprint density at radius 2 is 1.90 bits per heavy atom. The van der Waals surface area contributed by atoms with Crippen molar-refractivity contribution >= 4 is 12.1 Å². The van der Waals surface area contributed by atoms with E-state index in [4.69, 9.17) is 9.47 Å². The molecule has 0 saturated carbocycles. The summed E-state index contributed by atoms with van der Waals surface area (Å²) >= 11 is 0. The summed E-state index contributed by atoms with van der Waals surface area (Å²) in [5.74, 6) is 1.06. The summed E-state index contributed by atoms with van der Waals surface area (Å²) in [7, 11) is 1.60. The summed E-state index contributed by atoms with van der Waals surface area (Å²) < 4.78 is 10.6. The SMILES string of the molecule is CCOc1ccc(-c2cncc(C(=O)N/N=C/c3cc(OC)ccc3C)n2)cc1. The Hall–Kier alpha value is -3.74. The van der Waals surface area contributed by atoms with E-state index in [-0.39, 0.29) is 5.69 Å². The minimum Gasteiger partial charge on any atom is -0.497 e. The van der Waals surface area contributed by atoms with Crippen LogP contribution in [0.1, 0.15) is 28.5 Å². The summed E-state index contributed by atoms with van der Waals surface area (Å²) in [6, 6.07) is 13.1. The van der Waals surface area contributed by atoms with E-state index < -0.39 is 5.91 Å². The third-order valence-corrected chi connectivity index (χ3v) is 4.18. The minimum absolute atomic E-state index is 0.177. The highest BCUT2D eigenvalue weighted by molar-refractivity contribution is 5.93. The minimum atomic E-state index is -0.443. The molecule has 0 saturated heterocycles. The molecule has 0 radical (unpaired) electrons. The molecule has 1 heterocycles. The molecule has 0 unspecified atom stereocenters. The third kappa shape index (κ3) is 5.16. The molecule has 0 aliphatic rings. The number of hydrogen-bond acceptors (Lipinski definition) is 6. The van der Waals surface area contributed by atoms with E-state index in [1.54, 1.807) is 19.5 Å². The topological polar surface area (TPSA) is 85.7 Å². The van der Waals surface area contributed by atoms with Crippen LogP contribution in [0.5, 0.6) is 11.5 Å². The Kier molecular flexibility index (Phi) is 6.52. The van der Waals surface area contributed by atoms with Gasteiger partial charge in [0.15, 0.2) is 0 Å². The Balaban J connectivity index is 1.71. The van der Waals surface area contributed by atoms with E-state index in [0.717, 1.165) is 28.2 Å². The number of hydrogen-bond donors (Lipinski definition) is 1. The molecule has 0 aliphatic carbocycles. The number of carbonyl (C=O) groups is 1. The molecule has 0 atom stereocenters. The van der Waals surface area contributed by atoms with E-state index in [9.17, 15) is 4.79 Å². The first kappa shape index (κ1) is 20.0. The van der Waals surface area contributed by atoms with Crippen molar-refractivity contribution in [2.75, 3.05) is 13.7 Å². The fourth-order valence-electron chi connectivity index (χ4n) is 2.61. The molecule has 3 rings (SSSR count). The first-order valence-corrected chi connectivity index (χ1v) is 9.14. The lowest BCUT2D eigenvalue weighted by atomic mass is 10.1. The van der Waals surface area contributed by atoms with E-state index in [2.05, 4.69) is 20.5 Å². The molecule has 1 N–H and O–H groups in total. The molecule has 148 valence electrons. The normalized spacial score (nSPS) is 10.7. The van der Waals surface area contributed by atoms with E-state index >= 15 is 0 Å². The number of amides is 1. The van der Waals surface area contributed by atoms with Gasteiger partial charge in [-0.05, 0) is 55.8 Å². The van der Waals surface area contributed by atoms with Crippen molar-refractivity contribution in [2.24, 2.45) is 5.10 Å². The number of hydrazone groups is 1. The molecular weight excluding hydrogens is 368 g/mol. The standard InChI is InChI=1S/C22H22N4O3/c1-4-29-18-9-6-16(7-10-18)20-13-23-14-21(25-20)22(27)26-24-12-17-11-19(28-3)8-5-15(17)2/h5-14H,4H2,1-3H3,(H,26,27)/b24-12+. The lowest BCUT2D eigenvalue weighted by Crippen LogP contribution is -2.19. The fourth-order valence-corrected chi connectivity index (χ4v) is 2.61. The van der Waals surface area contributed by atoms with Crippen molar-refractivity contribution in [3.8, 4) is 22.8 Å². The first-order valence-electron chi connectivity index (χ1n) is 9.14. The van der Waals surface area contributed by atoms with Crippen LogP contribution in [0, 0.1) is 6.92 Å². The van der Waals surface area contributed by atoms with Crippen LogP contribution in [0.3, 0.4) is 0 Å². The summed E-state index contributed by atoms with van der Waals surface area (Å²) in [5.41, 5.74) is 5.95. The maximum atomic E-state index is 12.4. The molecule has 29 heavy (non-hydrogen) atoms. The van der Waals surface area contributed by atoms with Crippen LogP contribution in [-0.4, -0.2) is 35.8 Å². The number of aryl methyl sites for hydroxylation is 1. The number of nitrogens with zero attached hydrogens (tertiary/aromatic N) is 3. The van der Waals surface area contributed by atoms with Gasteiger partial charge in [-0.2, -0.15) is 5.10 Å². The van der Waals surface area contributed by atoms with Gasteiger partial charge in [0, 0.05) is 11.1 Å². The second-order valence-electron chi connectivity index (χ2n) is 6.17. The molecule has 7 heteroatoms. The Morgan fingerprint density at radius 3 is 2.62 bits per heavy atom. The van der Waals surface area contributed by atoms with Gasteiger partial charge in [0.1, 0.15) is 17.2 Å². The maximum Gasteiger partial charge on any atom is 0.291 e. The van der Waals surface area contributed by atoms with Gasteiger partial charge in [0.2, 0.25) is 0 Å². The van der Waals surface area contributed by atoms with Gasteiger partial charge in [-0.3, -0.25) is 9.78 Å². The smallest absolute Gasteiger partial charge is 0.291 e. The highest BCUT2D eigenvalue weighted by atomic mass is 16.5. The van der Waals surface area contributed by atoms with E-state index in [1.807, 2.05) is 56.3 Å². The number of nitrogens with one attached hydrogen (secondary N) is 1. The van der Waals surface area contributed by atoms with Crippen molar-refractivity contribution in [1.29, 1.82) is 0 Å². The van der Waals surface area contributed by atoms with Gasteiger partial charge in [0.25, 0.3) is 5.91 Å². The molecule has 0 bridgehead atoms. The van der Waals surface area contributed by atoms with Crippen LogP contribution in [0.4, 0.5) is 0 Å². The predicted octanol–water partition coefficient (Wildman–Crippen LogP) is 3.62. The molecule has 0 spiro atoms. The zero-order chi connectivity index (χ0) is 20.6. The van der Waals surface area contributed by atoms with Crippen molar-refractivity contribution in [2.45, 2.75) is 13.8 Å². The van der Waals surface area contributed by atoms with Crippen LogP contribution < -0.4 is 14.9 Å². The molecular formula is C22H22N4O3. The number of ether oxygens (including phenoxy) is 2. The van der Waals surface area contributed by atoms with E-state index in [0.29, 0.717) is 12.3 Å². The second kappa shape index (κ2) is 9.45. The number of methoxy groups -OCH3 is 1. The lowest BCUT2D eigenvalue weighted by Gasteiger charge is -2.06. The summed E-state index contributed by atoms with van der Waals surface area (Å²) in [6.45, 7) is 4.48. The average Bonchev–Trinajstić information content (AvgIpc) is 2.76. The van der Waals surface area contributed by atoms with Crippen molar-refractivity contribution in [1.82, 2.24) is 15.4 Å². The molecule has 1 amide bonds. The van der Waals surface area contributed by atoms with Gasteiger partial charge in [-0.25, -0.2) is 10.4 Å². The molecule has 0 aliphatic heterocycles. The summed E-state index contributed by atoms with van der Waals surface area (Å²) in [5, 5.41) is 4.02. The zero-order valence-electron chi connectivity index (χ0n) is 16.5. The number of rotatable bonds is 7. The largest absolute Gasteiger partial charge is 0.497 e. The molecule has 2 aromatic carbocycles. The van der Waals surface area contributed by atoms with Crippen LogP contribution >= 0.6 is 0 Å². The van der Waals surface area contributed by atoms with Gasteiger partial charge in [0.05, 0.1) is 38.0 Å². The summed E-state index contributed by atoms with van der Waals surface area (Å²) in [6.07, 6.45) is 4.58. The first-order chi connectivity index (χ1) is 14.1. The number of benzene rings is 2. The van der Waals surface area contributed by atoms with Gasteiger partial charge in [-0.1, -0.05) is 6.07 Å². The van der Waals surface area contributed by atoms with Gasteiger partial charge >= 0.3 is 0 Å². The van der Waals surface area contributed by atoms with Crippen LogP contribution in [0.2, 0.25) is 0 Å². The number of carbonyl (C=O) groups excluding carboxylic acids is 1. The third-order valence-electron chi connectivity index (χ3n) is 4.18.